The average Bonchev–Trinajstić information content (AvgIpc) is 3.08. The van der Waals surface area contributed by atoms with Crippen molar-refractivity contribution in [2.45, 2.75) is 19.8 Å². The SMILES string of the molecule is Cc1ccccc1C(=O)NCCC(=O)Nc1ncc(Cc2cccc(Cl)c2)s1. The van der Waals surface area contributed by atoms with Crippen LogP contribution in [0, 0.1) is 6.92 Å². The number of thiazole rings is 1. The van der Waals surface area contributed by atoms with Crippen molar-refractivity contribution in [2.24, 2.45) is 0 Å². The lowest BCUT2D eigenvalue weighted by Crippen LogP contribution is -2.28. The number of benzene rings is 2. The molecule has 0 saturated heterocycles. The molecule has 0 unspecified atom stereocenters. The largest absolute Gasteiger partial charge is 0.352 e. The fraction of sp³-hybridized carbons (Fsp3) is 0.190. The van der Waals surface area contributed by atoms with Gasteiger partial charge in [-0.25, -0.2) is 4.98 Å². The molecule has 0 saturated carbocycles. The monoisotopic (exact) mass is 413 g/mol. The lowest BCUT2D eigenvalue weighted by Gasteiger charge is -2.07. The highest BCUT2D eigenvalue weighted by atomic mass is 35.5. The molecule has 2 amide bonds. The summed E-state index contributed by atoms with van der Waals surface area (Å²) in [5.74, 6) is -0.363. The Morgan fingerprint density at radius 1 is 1.14 bits per heavy atom. The van der Waals surface area contributed by atoms with Gasteiger partial charge in [-0.05, 0) is 36.2 Å². The third kappa shape index (κ3) is 5.65. The molecule has 3 rings (SSSR count). The van der Waals surface area contributed by atoms with E-state index >= 15 is 0 Å². The number of hydrogen-bond donors (Lipinski definition) is 2. The molecular formula is C21H20ClN3O2S. The Hall–Kier alpha value is -2.70. The molecule has 3 aromatic rings. The number of amides is 2. The van der Waals surface area contributed by atoms with Crippen molar-refractivity contribution in [3.8, 4) is 0 Å². The Kier molecular flexibility index (Phi) is 6.79. The van der Waals surface area contributed by atoms with Crippen molar-refractivity contribution < 1.29 is 9.59 Å². The second-order valence-corrected chi connectivity index (χ2v) is 7.86. The summed E-state index contributed by atoms with van der Waals surface area (Å²) in [5, 5.41) is 6.79. The van der Waals surface area contributed by atoms with Crippen LogP contribution in [-0.4, -0.2) is 23.3 Å². The summed E-state index contributed by atoms with van der Waals surface area (Å²) in [4.78, 5) is 29.5. The molecule has 2 N–H and O–H groups in total. The molecule has 5 nitrogen and oxygen atoms in total. The minimum Gasteiger partial charge on any atom is -0.352 e. The lowest BCUT2D eigenvalue weighted by atomic mass is 10.1. The molecule has 0 radical (unpaired) electrons. The van der Waals surface area contributed by atoms with Crippen LogP contribution in [0.2, 0.25) is 5.02 Å². The summed E-state index contributed by atoms with van der Waals surface area (Å²) in [6, 6.07) is 15.0. The summed E-state index contributed by atoms with van der Waals surface area (Å²) < 4.78 is 0. The summed E-state index contributed by atoms with van der Waals surface area (Å²) in [7, 11) is 0. The van der Waals surface area contributed by atoms with Crippen molar-refractivity contribution in [3.05, 3.63) is 81.3 Å². The van der Waals surface area contributed by atoms with Crippen LogP contribution in [0.15, 0.2) is 54.7 Å². The molecule has 0 spiro atoms. The van der Waals surface area contributed by atoms with Gasteiger partial charge in [0, 0.05) is 41.0 Å². The number of halogens is 1. The lowest BCUT2D eigenvalue weighted by molar-refractivity contribution is -0.116. The van der Waals surface area contributed by atoms with E-state index < -0.39 is 0 Å². The van der Waals surface area contributed by atoms with Gasteiger partial charge in [-0.3, -0.25) is 9.59 Å². The Labute approximate surface area is 172 Å². The van der Waals surface area contributed by atoms with E-state index in [1.807, 2.05) is 49.4 Å². The average molecular weight is 414 g/mol. The van der Waals surface area contributed by atoms with E-state index in [1.165, 1.54) is 11.3 Å². The van der Waals surface area contributed by atoms with E-state index in [1.54, 1.807) is 12.3 Å². The van der Waals surface area contributed by atoms with E-state index in [4.69, 9.17) is 11.6 Å². The molecule has 7 heteroatoms. The zero-order valence-corrected chi connectivity index (χ0v) is 16.9. The number of hydrogen-bond acceptors (Lipinski definition) is 4. The first kappa shape index (κ1) is 20.0. The highest BCUT2D eigenvalue weighted by Gasteiger charge is 2.10. The Bertz CT molecular complexity index is 987. The minimum atomic E-state index is -0.186. The second-order valence-electron chi connectivity index (χ2n) is 6.31. The standard InChI is InChI=1S/C21H20ClN3O2S/c1-14-5-2-3-8-18(14)20(27)23-10-9-19(26)25-21-24-13-17(28-21)12-15-6-4-7-16(22)11-15/h2-8,11,13H,9-10,12H2,1H3,(H,23,27)(H,24,25,26). The number of carbonyl (C=O) groups is 2. The van der Waals surface area contributed by atoms with Gasteiger partial charge < -0.3 is 10.6 Å². The summed E-state index contributed by atoms with van der Waals surface area (Å²) in [6.07, 6.45) is 2.64. The number of carbonyl (C=O) groups excluding carboxylic acids is 2. The number of nitrogens with one attached hydrogen (secondary N) is 2. The van der Waals surface area contributed by atoms with Gasteiger partial charge in [-0.15, -0.1) is 11.3 Å². The Balaban J connectivity index is 1.46. The van der Waals surface area contributed by atoms with Crippen LogP contribution in [0.1, 0.15) is 32.8 Å². The molecule has 0 atom stereocenters. The fourth-order valence-electron chi connectivity index (χ4n) is 2.69. The molecule has 0 aliphatic heterocycles. The molecule has 0 fully saturated rings. The summed E-state index contributed by atoms with van der Waals surface area (Å²) in [6.45, 7) is 2.14. The van der Waals surface area contributed by atoms with Crippen LogP contribution in [0.4, 0.5) is 5.13 Å². The van der Waals surface area contributed by atoms with E-state index in [0.29, 0.717) is 22.1 Å². The van der Waals surface area contributed by atoms with Crippen LogP contribution >= 0.6 is 22.9 Å². The van der Waals surface area contributed by atoms with Gasteiger partial charge in [-0.1, -0.05) is 41.9 Å². The number of nitrogens with zero attached hydrogens (tertiary/aromatic N) is 1. The molecule has 28 heavy (non-hydrogen) atoms. The van der Waals surface area contributed by atoms with Gasteiger partial charge in [0.1, 0.15) is 0 Å². The quantitative estimate of drug-likeness (QED) is 0.601. The third-order valence-corrected chi connectivity index (χ3v) is 5.24. The van der Waals surface area contributed by atoms with Crippen molar-refractivity contribution in [3.63, 3.8) is 0 Å². The Morgan fingerprint density at radius 3 is 2.75 bits per heavy atom. The molecule has 0 bridgehead atoms. The van der Waals surface area contributed by atoms with Gasteiger partial charge in [0.05, 0.1) is 0 Å². The van der Waals surface area contributed by atoms with Crippen molar-refractivity contribution in [2.75, 3.05) is 11.9 Å². The van der Waals surface area contributed by atoms with Crippen LogP contribution in [0.25, 0.3) is 0 Å². The zero-order valence-electron chi connectivity index (χ0n) is 15.4. The third-order valence-electron chi connectivity index (χ3n) is 4.09. The summed E-state index contributed by atoms with van der Waals surface area (Å²) >= 11 is 7.43. The number of aromatic nitrogens is 1. The predicted octanol–water partition coefficient (Wildman–Crippen LogP) is 4.45. The Morgan fingerprint density at radius 2 is 1.96 bits per heavy atom. The van der Waals surface area contributed by atoms with Crippen molar-refractivity contribution in [1.29, 1.82) is 0 Å². The van der Waals surface area contributed by atoms with Gasteiger partial charge in [0.25, 0.3) is 5.91 Å². The van der Waals surface area contributed by atoms with Crippen LogP contribution in [0.5, 0.6) is 0 Å². The molecule has 2 aromatic carbocycles. The van der Waals surface area contributed by atoms with Crippen LogP contribution in [0.3, 0.4) is 0 Å². The van der Waals surface area contributed by atoms with Crippen molar-refractivity contribution >= 4 is 39.9 Å². The van der Waals surface area contributed by atoms with E-state index in [0.717, 1.165) is 16.0 Å². The second kappa shape index (κ2) is 9.48. The minimum absolute atomic E-state index is 0.177. The van der Waals surface area contributed by atoms with E-state index in [-0.39, 0.29) is 24.8 Å². The first-order valence-electron chi connectivity index (χ1n) is 8.84. The first-order valence-corrected chi connectivity index (χ1v) is 10.0. The first-order chi connectivity index (χ1) is 13.5. The maximum Gasteiger partial charge on any atom is 0.251 e. The van der Waals surface area contributed by atoms with Crippen molar-refractivity contribution in [1.82, 2.24) is 10.3 Å². The fourth-order valence-corrected chi connectivity index (χ4v) is 3.77. The van der Waals surface area contributed by atoms with E-state index in [2.05, 4.69) is 15.6 Å². The molecule has 144 valence electrons. The van der Waals surface area contributed by atoms with Gasteiger partial charge in [0.2, 0.25) is 5.91 Å². The smallest absolute Gasteiger partial charge is 0.251 e. The molecule has 0 aliphatic rings. The maximum atomic E-state index is 12.1. The topological polar surface area (TPSA) is 71.1 Å². The molecule has 1 aromatic heterocycles. The van der Waals surface area contributed by atoms with Gasteiger partial charge in [0.15, 0.2) is 5.13 Å². The van der Waals surface area contributed by atoms with Gasteiger partial charge >= 0.3 is 0 Å². The highest BCUT2D eigenvalue weighted by Crippen LogP contribution is 2.22. The van der Waals surface area contributed by atoms with Crippen LogP contribution in [-0.2, 0) is 11.2 Å². The predicted molar refractivity (Wildman–Crippen MR) is 113 cm³/mol. The normalized spacial score (nSPS) is 10.5. The summed E-state index contributed by atoms with van der Waals surface area (Å²) in [5.41, 5.74) is 2.61. The maximum absolute atomic E-state index is 12.1. The van der Waals surface area contributed by atoms with Crippen LogP contribution < -0.4 is 10.6 Å². The number of rotatable bonds is 7. The molecule has 0 aliphatic carbocycles. The van der Waals surface area contributed by atoms with E-state index in [9.17, 15) is 9.59 Å². The van der Waals surface area contributed by atoms with Gasteiger partial charge in [-0.2, -0.15) is 0 Å². The number of anilines is 1. The number of aryl methyl sites for hydroxylation is 1. The molecular weight excluding hydrogens is 394 g/mol. The highest BCUT2D eigenvalue weighted by molar-refractivity contribution is 7.15. The zero-order chi connectivity index (χ0) is 19.9. The molecule has 1 heterocycles.